The maximum absolute atomic E-state index is 12.3. The number of rotatable bonds is 5. The van der Waals surface area contributed by atoms with Crippen molar-refractivity contribution in [2.75, 3.05) is 44.2 Å². The van der Waals surface area contributed by atoms with Gasteiger partial charge < -0.3 is 15.1 Å². The van der Waals surface area contributed by atoms with Gasteiger partial charge in [0.15, 0.2) is 5.96 Å². The number of nitrogens with one attached hydrogen (secondary N) is 1. The Labute approximate surface area is 133 Å². The number of aliphatic imine (C=N–C) groups is 1. The molecule has 2 heterocycles. The van der Waals surface area contributed by atoms with Crippen molar-refractivity contribution in [1.82, 2.24) is 19.6 Å². The summed E-state index contributed by atoms with van der Waals surface area (Å²) < 4.78 is 29.0. The summed E-state index contributed by atoms with van der Waals surface area (Å²) in [5.41, 5.74) is 0. The van der Waals surface area contributed by atoms with Gasteiger partial charge in [0, 0.05) is 50.7 Å². The van der Waals surface area contributed by atoms with E-state index in [0.717, 1.165) is 43.6 Å². The molecule has 0 radical (unpaired) electrons. The van der Waals surface area contributed by atoms with Crippen LogP contribution in [-0.2, 0) is 6.42 Å². The zero-order valence-corrected chi connectivity index (χ0v) is 13.7. The fourth-order valence-electron chi connectivity index (χ4n) is 2.21. The summed E-state index contributed by atoms with van der Waals surface area (Å²) in [6, 6.07) is 0. The third-order valence-corrected chi connectivity index (χ3v) is 4.15. The maximum atomic E-state index is 12.3. The molecule has 0 bridgehead atoms. The molecule has 0 aliphatic carbocycles. The third kappa shape index (κ3) is 4.49. The maximum Gasteiger partial charge on any atom is 0.257 e. The molecule has 6 nitrogen and oxygen atoms in total. The first-order valence-corrected chi connectivity index (χ1v) is 8.30. The fraction of sp³-hybridized carbons (Fsp3) is 0.769. The predicted molar refractivity (Wildman–Crippen MR) is 85.1 cm³/mol. The number of anilines is 1. The number of aryl methyl sites for hydroxylation is 1. The van der Waals surface area contributed by atoms with E-state index >= 15 is 0 Å². The standard InChI is InChI=1S/C13H22F2N6S/c1-3-11-18-13(22-19-11)21-7-5-20(6-8-21)12(16-4-2)17-9-10(14)15/h10H,3-9H2,1-2H3,(H,16,17). The van der Waals surface area contributed by atoms with Gasteiger partial charge in [-0.2, -0.15) is 4.37 Å². The van der Waals surface area contributed by atoms with Gasteiger partial charge in [0.2, 0.25) is 5.13 Å². The van der Waals surface area contributed by atoms with Crippen LogP contribution in [0.5, 0.6) is 0 Å². The van der Waals surface area contributed by atoms with Gasteiger partial charge in [0.1, 0.15) is 12.4 Å². The van der Waals surface area contributed by atoms with E-state index in [-0.39, 0.29) is 0 Å². The van der Waals surface area contributed by atoms with Crippen molar-refractivity contribution in [1.29, 1.82) is 0 Å². The quantitative estimate of drug-likeness (QED) is 0.653. The van der Waals surface area contributed by atoms with Crippen LogP contribution < -0.4 is 10.2 Å². The highest BCUT2D eigenvalue weighted by Crippen LogP contribution is 2.19. The molecule has 1 fully saturated rings. The Hall–Kier alpha value is -1.51. The Balaban J connectivity index is 1.92. The summed E-state index contributed by atoms with van der Waals surface area (Å²) in [6.45, 7) is 7.21. The van der Waals surface area contributed by atoms with Crippen molar-refractivity contribution < 1.29 is 8.78 Å². The minimum atomic E-state index is -2.41. The summed E-state index contributed by atoms with van der Waals surface area (Å²) in [4.78, 5) is 12.7. The van der Waals surface area contributed by atoms with E-state index in [1.165, 1.54) is 11.5 Å². The number of halogens is 2. The summed E-state index contributed by atoms with van der Waals surface area (Å²) in [5.74, 6) is 1.43. The van der Waals surface area contributed by atoms with Gasteiger partial charge in [-0.3, -0.25) is 0 Å². The molecule has 1 saturated heterocycles. The first-order valence-electron chi connectivity index (χ1n) is 7.53. The molecule has 0 amide bonds. The van der Waals surface area contributed by atoms with Crippen molar-refractivity contribution in [3.05, 3.63) is 5.82 Å². The highest BCUT2D eigenvalue weighted by atomic mass is 32.1. The molecule has 1 aromatic rings. The van der Waals surface area contributed by atoms with E-state index in [4.69, 9.17) is 0 Å². The second-order valence-corrected chi connectivity index (χ2v) is 5.64. The van der Waals surface area contributed by atoms with Crippen molar-refractivity contribution >= 4 is 22.6 Å². The first-order chi connectivity index (χ1) is 10.6. The van der Waals surface area contributed by atoms with Gasteiger partial charge in [-0.05, 0) is 6.92 Å². The lowest BCUT2D eigenvalue weighted by atomic mass is 10.3. The van der Waals surface area contributed by atoms with Crippen LogP contribution in [0.15, 0.2) is 4.99 Å². The summed E-state index contributed by atoms with van der Waals surface area (Å²) >= 11 is 1.42. The molecule has 0 atom stereocenters. The van der Waals surface area contributed by atoms with Crippen LogP contribution in [0.25, 0.3) is 0 Å². The molecule has 2 rings (SSSR count). The van der Waals surface area contributed by atoms with Crippen LogP contribution in [0.3, 0.4) is 0 Å². The minimum absolute atomic E-state index is 0.460. The van der Waals surface area contributed by atoms with E-state index in [1.54, 1.807) is 0 Å². The van der Waals surface area contributed by atoms with E-state index in [1.807, 2.05) is 18.7 Å². The lowest BCUT2D eigenvalue weighted by Crippen LogP contribution is -2.52. The van der Waals surface area contributed by atoms with E-state index in [2.05, 4.69) is 24.6 Å². The normalized spacial score (nSPS) is 16.5. The monoisotopic (exact) mass is 332 g/mol. The minimum Gasteiger partial charge on any atom is -0.357 e. The molecule has 0 saturated carbocycles. The van der Waals surface area contributed by atoms with Crippen molar-refractivity contribution in [3.8, 4) is 0 Å². The average molecular weight is 332 g/mol. The van der Waals surface area contributed by atoms with Crippen LogP contribution in [0, 0.1) is 0 Å². The van der Waals surface area contributed by atoms with Gasteiger partial charge in [-0.15, -0.1) is 0 Å². The Morgan fingerprint density at radius 1 is 1.32 bits per heavy atom. The predicted octanol–water partition coefficient (Wildman–Crippen LogP) is 1.45. The first kappa shape index (κ1) is 16.9. The van der Waals surface area contributed by atoms with Gasteiger partial charge in [0.25, 0.3) is 6.43 Å². The SMILES string of the molecule is CCNC(=NCC(F)F)N1CCN(c2nc(CC)ns2)CC1. The van der Waals surface area contributed by atoms with Crippen molar-refractivity contribution in [3.63, 3.8) is 0 Å². The van der Waals surface area contributed by atoms with E-state index < -0.39 is 13.0 Å². The zero-order chi connectivity index (χ0) is 15.9. The second kappa shape index (κ2) is 8.21. The molecular formula is C13H22F2N6S. The highest BCUT2D eigenvalue weighted by Gasteiger charge is 2.22. The van der Waals surface area contributed by atoms with E-state index in [0.29, 0.717) is 12.5 Å². The smallest absolute Gasteiger partial charge is 0.257 e. The van der Waals surface area contributed by atoms with Crippen LogP contribution in [0.1, 0.15) is 19.7 Å². The molecular weight excluding hydrogens is 310 g/mol. The van der Waals surface area contributed by atoms with Crippen LogP contribution in [-0.4, -0.2) is 65.9 Å². The number of hydrogen-bond donors (Lipinski definition) is 1. The molecule has 1 aliphatic rings. The zero-order valence-electron chi connectivity index (χ0n) is 12.9. The largest absolute Gasteiger partial charge is 0.357 e. The average Bonchev–Trinajstić information content (AvgIpc) is 3.00. The number of piperazine rings is 1. The lowest BCUT2D eigenvalue weighted by molar-refractivity contribution is 0.158. The van der Waals surface area contributed by atoms with Gasteiger partial charge in [-0.1, -0.05) is 6.92 Å². The molecule has 0 spiro atoms. The van der Waals surface area contributed by atoms with Crippen LogP contribution in [0.2, 0.25) is 0 Å². The van der Waals surface area contributed by atoms with Crippen LogP contribution in [0.4, 0.5) is 13.9 Å². The summed E-state index contributed by atoms with van der Waals surface area (Å²) in [6.07, 6.45) is -1.58. The number of alkyl halides is 2. The number of aromatic nitrogens is 2. The molecule has 9 heteroatoms. The molecule has 22 heavy (non-hydrogen) atoms. The lowest BCUT2D eigenvalue weighted by Gasteiger charge is -2.36. The Morgan fingerprint density at radius 2 is 2.05 bits per heavy atom. The Morgan fingerprint density at radius 3 is 2.59 bits per heavy atom. The van der Waals surface area contributed by atoms with Gasteiger partial charge in [-0.25, -0.2) is 18.8 Å². The molecule has 1 N–H and O–H groups in total. The molecule has 1 aliphatic heterocycles. The Bertz CT molecular complexity index is 485. The van der Waals surface area contributed by atoms with E-state index in [9.17, 15) is 8.78 Å². The second-order valence-electron chi connectivity index (χ2n) is 4.91. The molecule has 1 aromatic heterocycles. The van der Waals surface area contributed by atoms with Gasteiger partial charge in [0.05, 0.1) is 0 Å². The number of guanidine groups is 1. The molecule has 124 valence electrons. The summed E-state index contributed by atoms with van der Waals surface area (Å²) in [7, 11) is 0. The topological polar surface area (TPSA) is 56.7 Å². The molecule has 0 unspecified atom stereocenters. The number of hydrogen-bond acceptors (Lipinski definition) is 5. The molecule has 0 aromatic carbocycles. The highest BCUT2D eigenvalue weighted by molar-refractivity contribution is 7.09. The van der Waals surface area contributed by atoms with Crippen molar-refractivity contribution in [2.24, 2.45) is 4.99 Å². The van der Waals surface area contributed by atoms with Crippen molar-refractivity contribution in [2.45, 2.75) is 26.7 Å². The summed E-state index contributed by atoms with van der Waals surface area (Å²) in [5, 5.41) is 4.01. The third-order valence-electron chi connectivity index (χ3n) is 3.34. The number of nitrogens with zero attached hydrogens (tertiary/aromatic N) is 5. The van der Waals surface area contributed by atoms with Gasteiger partial charge >= 0.3 is 0 Å². The fourth-order valence-corrected chi connectivity index (χ4v) is 3.01. The Kier molecular flexibility index (Phi) is 6.29. The van der Waals surface area contributed by atoms with Crippen LogP contribution >= 0.6 is 11.5 Å².